The molecular weight excluding hydrogens is 614 g/mol. The summed E-state index contributed by atoms with van der Waals surface area (Å²) < 4.78 is 0. The summed E-state index contributed by atoms with van der Waals surface area (Å²) in [6, 6.07) is 0. The van der Waals surface area contributed by atoms with Gasteiger partial charge in [0.15, 0.2) is 0 Å². The van der Waals surface area contributed by atoms with E-state index in [4.69, 9.17) is 0 Å². The molecule has 2 heteroatoms. The Morgan fingerprint density at radius 2 is 0.438 bits per heavy atom. The van der Waals surface area contributed by atoms with E-state index in [1.54, 1.807) is 167 Å². The average molecular weight is 685 g/mol. The number of hydrogen-bond donors (Lipinski definition) is 0. The van der Waals surface area contributed by atoms with Crippen molar-refractivity contribution in [2.45, 2.75) is 188 Å². The lowest BCUT2D eigenvalue weighted by atomic mass is 9.55. The fourth-order valence-electron chi connectivity index (χ4n) is 21.0. The van der Waals surface area contributed by atoms with Crippen molar-refractivity contribution in [1.29, 1.82) is 0 Å². The molecule has 0 aromatic carbocycles. The maximum atomic E-state index is 1.81. The highest BCUT2D eigenvalue weighted by Crippen LogP contribution is 2.82. The first-order valence-electron chi connectivity index (χ1n) is 22.9. The molecular formula is C46H70P2. The molecule has 17 fully saturated rings. The highest BCUT2D eigenvalue weighted by molar-refractivity contribution is 7.61. The summed E-state index contributed by atoms with van der Waals surface area (Å²) >= 11 is 0. The van der Waals surface area contributed by atoms with E-state index < -0.39 is 0 Å². The standard InChI is InChI=1S/C46H70P2/c1-2-42(28-48(45-21-35-9-36(22-45)11-37(10-35)23-45)46-24-38-12-39(25-46)14-40(13-38)26-46)41(1)27-47(43-15-29-3-30(16-43)5-31(4-29)17-43)44-18-32-6-33(19-44)8-34(7-32)20-44/h29-42H,1-28H2/t29?,30?,31?,32?,33?,34?,35?,36?,37?,38?,39?,40?,41-,42+,43?,44?,45?,46?,47?,48?. The summed E-state index contributed by atoms with van der Waals surface area (Å²) in [6.45, 7) is 0. The van der Waals surface area contributed by atoms with E-state index in [9.17, 15) is 0 Å². The third kappa shape index (κ3) is 4.39. The van der Waals surface area contributed by atoms with Gasteiger partial charge in [0.1, 0.15) is 0 Å². The van der Waals surface area contributed by atoms with Gasteiger partial charge in [0, 0.05) is 0 Å². The average Bonchev–Trinajstić information content (AvgIpc) is 2.98. The van der Waals surface area contributed by atoms with Gasteiger partial charge in [-0.1, -0.05) is 15.8 Å². The zero-order valence-corrected chi connectivity index (χ0v) is 32.6. The van der Waals surface area contributed by atoms with Crippen LogP contribution in [0.5, 0.6) is 0 Å². The summed E-state index contributed by atoms with van der Waals surface area (Å²) in [5, 5.41) is 3.45. The largest absolute Gasteiger partial charge is 0.0936 e. The minimum atomic E-state index is 0.199. The van der Waals surface area contributed by atoms with Crippen molar-refractivity contribution in [2.75, 3.05) is 12.3 Å². The van der Waals surface area contributed by atoms with Gasteiger partial charge >= 0.3 is 0 Å². The van der Waals surface area contributed by atoms with Crippen LogP contribution in [0.3, 0.4) is 0 Å². The minimum Gasteiger partial charge on any atom is -0.0936 e. The number of hydrogen-bond acceptors (Lipinski definition) is 0. The van der Waals surface area contributed by atoms with Gasteiger partial charge < -0.3 is 0 Å². The molecule has 17 aliphatic rings. The van der Waals surface area contributed by atoms with E-state index in [2.05, 4.69) is 0 Å². The summed E-state index contributed by atoms with van der Waals surface area (Å²) in [7, 11) is 0.397. The molecule has 0 nitrogen and oxygen atoms in total. The van der Waals surface area contributed by atoms with Crippen LogP contribution in [0.4, 0.5) is 0 Å². The zero-order valence-electron chi connectivity index (χ0n) is 30.8. The molecule has 0 radical (unpaired) electrons. The lowest BCUT2D eigenvalue weighted by Crippen LogP contribution is -2.58. The van der Waals surface area contributed by atoms with E-state index in [1.807, 2.05) is 12.3 Å². The van der Waals surface area contributed by atoms with Crippen molar-refractivity contribution < 1.29 is 0 Å². The van der Waals surface area contributed by atoms with Crippen molar-refractivity contribution in [3.63, 3.8) is 0 Å². The van der Waals surface area contributed by atoms with Crippen LogP contribution in [0.15, 0.2) is 0 Å². The molecule has 0 N–H and O–H groups in total. The molecule has 17 aliphatic carbocycles. The smallest absolute Gasteiger partial charge is 0.00814 e. The van der Waals surface area contributed by atoms with E-state index in [0.29, 0.717) is 0 Å². The lowest BCUT2D eigenvalue weighted by Gasteiger charge is -2.69. The summed E-state index contributed by atoms with van der Waals surface area (Å²) in [5.41, 5.74) is 0. The van der Waals surface area contributed by atoms with Gasteiger partial charge in [0.25, 0.3) is 0 Å². The first-order chi connectivity index (χ1) is 23.4. The molecule has 2 atom stereocenters. The van der Waals surface area contributed by atoms with E-state index in [-0.39, 0.29) is 15.8 Å². The van der Waals surface area contributed by atoms with Crippen molar-refractivity contribution in [3.05, 3.63) is 0 Å². The van der Waals surface area contributed by atoms with Crippen LogP contribution in [0.1, 0.15) is 167 Å². The quantitative estimate of drug-likeness (QED) is 0.223. The van der Waals surface area contributed by atoms with Crippen LogP contribution in [0, 0.1) is 82.9 Å². The molecule has 0 amide bonds. The Kier molecular flexibility index (Phi) is 6.50. The molecule has 17 rings (SSSR count). The van der Waals surface area contributed by atoms with Gasteiger partial charge in [-0.15, -0.1) is 0 Å². The Morgan fingerprint density at radius 1 is 0.271 bits per heavy atom. The maximum Gasteiger partial charge on any atom is -0.00814 e. The van der Waals surface area contributed by atoms with Crippen LogP contribution in [-0.2, 0) is 0 Å². The first kappa shape index (κ1) is 30.2. The Balaban J connectivity index is 0.846. The van der Waals surface area contributed by atoms with Gasteiger partial charge in [-0.05, 0) is 283 Å². The Morgan fingerprint density at radius 3 is 0.583 bits per heavy atom. The van der Waals surface area contributed by atoms with Crippen molar-refractivity contribution >= 4 is 15.8 Å². The second-order valence-electron chi connectivity index (χ2n) is 23.9. The predicted octanol–water partition coefficient (Wildman–Crippen LogP) is 12.9. The number of rotatable bonds is 8. The molecule has 0 aromatic rings. The molecule has 0 spiro atoms. The fourth-order valence-corrected chi connectivity index (χ4v) is 32.2. The Bertz CT molecular complexity index is 996. The summed E-state index contributed by atoms with van der Waals surface area (Å²) in [6.07, 6.45) is 47.7. The second-order valence-corrected chi connectivity index (χ2v) is 30.1. The highest BCUT2D eigenvalue weighted by atomic mass is 31.1. The molecule has 0 aromatic heterocycles. The van der Waals surface area contributed by atoms with Crippen molar-refractivity contribution in [2.24, 2.45) is 82.9 Å². The van der Waals surface area contributed by atoms with Crippen molar-refractivity contribution in [1.82, 2.24) is 0 Å². The third-order valence-corrected chi connectivity index (χ3v) is 29.2. The molecule has 48 heavy (non-hydrogen) atoms. The topological polar surface area (TPSA) is 0 Å². The molecule has 16 bridgehead atoms. The Hall–Kier alpha value is 0.860. The lowest BCUT2D eigenvalue weighted by molar-refractivity contribution is 0.0166. The molecule has 0 aliphatic heterocycles. The summed E-state index contributed by atoms with van der Waals surface area (Å²) in [5.74, 6) is 16.3. The van der Waals surface area contributed by atoms with Gasteiger partial charge in [-0.3, -0.25) is 0 Å². The van der Waals surface area contributed by atoms with Gasteiger partial charge in [-0.25, -0.2) is 0 Å². The van der Waals surface area contributed by atoms with Crippen LogP contribution in [0.25, 0.3) is 0 Å². The van der Waals surface area contributed by atoms with Gasteiger partial charge in [-0.2, -0.15) is 0 Å². The van der Waals surface area contributed by atoms with Crippen LogP contribution >= 0.6 is 15.8 Å². The predicted molar refractivity (Wildman–Crippen MR) is 203 cm³/mol. The monoisotopic (exact) mass is 684 g/mol. The third-order valence-electron chi connectivity index (χ3n) is 20.7. The normalized spacial score (nSPS) is 63.2. The van der Waals surface area contributed by atoms with Crippen molar-refractivity contribution in [3.8, 4) is 0 Å². The molecule has 0 saturated heterocycles. The van der Waals surface area contributed by atoms with Gasteiger partial charge in [0.2, 0.25) is 0 Å². The van der Waals surface area contributed by atoms with Gasteiger partial charge in [0.05, 0.1) is 0 Å². The molecule has 17 saturated carbocycles. The van der Waals surface area contributed by atoms with E-state index in [0.717, 1.165) is 91.6 Å². The van der Waals surface area contributed by atoms with Crippen LogP contribution in [-0.4, -0.2) is 32.9 Å². The molecule has 264 valence electrons. The van der Waals surface area contributed by atoms with Crippen LogP contribution < -0.4 is 0 Å². The van der Waals surface area contributed by atoms with Crippen LogP contribution in [0.2, 0.25) is 0 Å². The van der Waals surface area contributed by atoms with E-state index >= 15 is 0 Å². The minimum absolute atomic E-state index is 0.199. The highest BCUT2D eigenvalue weighted by Gasteiger charge is 2.65. The summed E-state index contributed by atoms with van der Waals surface area (Å²) in [4.78, 5) is 0. The second kappa shape index (κ2) is 10.3. The fraction of sp³-hybridized carbons (Fsp3) is 1.00. The molecule has 0 unspecified atom stereocenters. The van der Waals surface area contributed by atoms with E-state index in [1.165, 1.54) is 11.8 Å². The maximum absolute atomic E-state index is 1.81. The Labute approximate surface area is 297 Å². The zero-order chi connectivity index (χ0) is 31.0. The molecule has 0 heterocycles. The first-order valence-corrected chi connectivity index (χ1v) is 26.0. The SMILES string of the molecule is C1C2CC3CC1CC(P(C[C@H]1CC[C@H]1CP(C14CC5CC(CC(C5)C1)C4)C14CC5CC(CC(C5)C1)C4)C14CC5CC(CC(C5)C1)C4)(C2)C3.